The van der Waals surface area contributed by atoms with Gasteiger partial charge in [0.05, 0.1) is 12.2 Å². The van der Waals surface area contributed by atoms with E-state index in [1.54, 1.807) is 10.9 Å². The number of halogens is 2. The van der Waals surface area contributed by atoms with Gasteiger partial charge in [-0.3, -0.25) is 4.68 Å². The largest absolute Gasteiger partial charge is 0.306 e. The minimum absolute atomic E-state index is 0.0467. The number of hydrogen-bond acceptors (Lipinski definition) is 2. The first-order valence-corrected chi connectivity index (χ1v) is 6.87. The Kier molecular flexibility index (Phi) is 4.84. The standard InChI is InChI=1S/C15H19F2N3/c1-3-8-20-10-11(9-19-20)15(18-4-2)14-12(16)6-5-7-13(14)17/h5-7,9-10,15,18H,3-4,8H2,1-2H3. The summed E-state index contributed by atoms with van der Waals surface area (Å²) in [5, 5.41) is 7.34. The zero-order valence-electron chi connectivity index (χ0n) is 11.7. The molecule has 0 amide bonds. The molecular formula is C15H19F2N3. The van der Waals surface area contributed by atoms with Gasteiger partial charge in [0, 0.05) is 23.9 Å². The summed E-state index contributed by atoms with van der Waals surface area (Å²) in [6, 6.07) is 3.41. The van der Waals surface area contributed by atoms with Crippen molar-refractivity contribution in [3.63, 3.8) is 0 Å². The normalized spacial score (nSPS) is 12.6. The van der Waals surface area contributed by atoms with E-state index in [9.17, 15) is 8.78 Å². The van der Waals surface area contributed by atoms with Gasteiger partial charge in [-0.15, -0.1) is 0 Å². The van der Waals surface area contributed by atoms with Gasteiger partial charge in [0.15, 0.2) is 0 Å². The lowest BCUT2D eigenvalue weighted by atomic mass is 10.0. The van der Waals surface area contributed by atoms with Gasteiger partial charge in [-0.2, -0.15) is 5.10 Å². The third kappa shape index (κ3) is 3.04. The second-order valence-corrected chi connectivity index (χ2v) is 4.66. The molecule has 108 valence electrons. The molecule has 1 atom stereocenters. The van der Waals surface area contributed by atoms with Gasteiger partial charge >= 0.3 is 0 Å². The molecule has 2 rings (SSSR count). The third-order valence-corrected chi connectivity index (χ3v) is 3.14. The van der Waals surface area contributed by atoms with Gasteiger partial charge in [0.25, 0.3) is 0 Å². The summed E-state index contributed by atoms with van der Waals surface area (Å²) in [7, 11) is 0. The van der Waals surface area contributed by atoms with E-state index in [0.29, 0.717) is 6.54 Å². The topological polar surface area (TPSA) is 29.9 Å². The molecule has 0 saturated heterocycles. The molecule has 0 aliphatic carbocycles. The second-order valence-electron chi connectivity index (χ2n) is 4.66. The Morgan fingerprint density at radius 1 is 1.25 bits per heavy atom. The van der Waals surface area contributed by atoms with Crippen LogP contribution < -0.4 is 5.32 Å². The van der Waals surface area contributed by atoms with Crippen LogP contribution in [0.15, 0.2) is 30.6 Å². The van der Waals surface area contributed by atoms with Crippen LogP contribution in [0.4, 0.5) is 8.78 Å². The molecular weight excluding hydrogens is 260 g/mol. The van der Waals surface area contributed by atoms with E-state index in [2.05, 4.69) is 17.3 Å². The number of aromatic nitrogens is 2. The highest BCUT2D eigenvalue weighted by Crippen LogP contribution is 2.26. The van der Waals surface area contributed by atoms with Crippen molar-refractivity contribution in [3.8, 4) is 0 Å². The summed E-state index contributed by atoms with van der Waals surface area (Å²) in [4.78, 5) is 0. The third-order valence-electron chi connectivity index (χ3n) is 3.14. The Labute approximate surface area is 117 Å². The molecule has 0 fully saturated rings. The number of hydrogen-bond donors (Lipinski definition) is 1. The fourth-order valence-electron chi connectivity index (χ4n) is 2.26. The Hall–Kier alpha value is -1.75. The van der Waals surface area contributed by atoms with Gasteiger partial charge in [-0.25, -0.2) is 8.78 Å². The summed E-state index contributed by atoms with van der Waals surface area (Å²) < 4.78 is 29.7. The maximum absolute atomic E-state index is 14.0. The van der Waals surface area contributed by atoms with E-state index in [-0.39, 0.29) is 5.56 Å². The quantitative estimate of drug-likeness (QED) is 0.879. The summed E-state index contributed by atoms with van der Waals surface area (Å²) in [5.74, 6) is -1.08. The predicted octanol–water partition coefficient (Wildman–Crippen LogP) is 3.27. The summed E-state index contributed by atoms with van der Waals surface area (Å²) >= 11 is 0. The molecule has 1 heterocycles. The fraction of sp³-hybridized carbons (Fsp3) is 0.400. The molecule has 0 spiro atoms. The lowest BCUT2D eigenvalue weighted by Crippen LogP contribution is -2.23. The summed E-state index contributed by atoms with van der Waals surface area (Å²) in [5.41, 5.74) is 0.815. The van der Waals surface area contributed by atoms with Crippen molar-refractivity contribution in [2.24, 2.45) is 0 Å². The lowest BCUT2D eigenvalue weighted by Gasteiger charge is -2.18. The van der Waals surface area contributed by atoms with E-state index >= 15 is 0 Å². The maximum Gasteiger partial charge on any atom is 0.131 e. The van der Waals surface area contributed by atoms with Crippen LogP contribution in [-0.2, 0) is 6.54 Å². The molecule has 0 aliphatic rings. The first-order chi connectivity index (χ1) is 9.67. The molecule has 1 unspecified atom stereocenters. The minimum atomic E-state index is -0.542. The zero-order valence-corrected chi connectivity index (χ0v) is 11.7. The Balaban J connectivity index is 2.39. The SMILES string of the molecule is CCCn1cc(C(NCC)c2c(F)cccc2F)cn1. The van der Waals surface area contributed by atoms with Crippen LogP contribution in [0, 0.1) is 11.6 Å². The van der Waals surface area contributed by atoms with Crippen molar-refractivity contribution in [2.45, 2.75) is 32.9 Å². The lowest BCUT2D eigenvalue weighted by molar-refractivity contribution is 0.509. The molecule has 0 saturated carbocycles. The Morgan fingerprint density at radius 3 is 2.55 bits per heavy atom. The number of rotatable bonds is 6. The highest BCUT2D eigenvalue weighted by Gasteiger charge is 2.22. The molecule has 1 N–H and O–H groups in total. The van der Waals surface area contributed by atoms with Gasteiger partial charge < -0.3 is 5.32 Å². The van der Waals surface area contributed by atoms with Crippen LogP contribution in [0.3, 0.4) is 0 Å². The smallest absolute Gasteiger partial charge is 0.131 e. The molecule has 0 aliphatic heterocycles. The maximum atomic E-state index is 14.0. The van der Waals surface area contributed by atoms with Crippen molar-refractivity contribution < 1.29 is 8.78 Å². The van der Waals surface area contributed by atoms with Gasteiger partial charge in [-0.05, 0) is 25.1 Å². The van der Waals surface area contributed by atoms with Crippen LogP contribution in [-0.4, -0.2) is 16.3 Å². The molecule has 0 bridgehead atoms. The van der Waals surface area contributed by atoms with Crippen LogP contribution in [0.5, 0.6) is 0 Å². The van der Waals surface area contributed by atoms with Crippen LogP contribution in [0.25, 0.3) is 0 Å². The molecule has 20 heavy (non-hydrogen) atoms. The molecule has 0 radical (unpaired) electrons. The number of aryl methyl sites for hydroxylation is 1. The molecule has 1 aromatic carbocycles. The Bertz CT molecular complexity index is 546. The van der Waals surface area contributed by atoms with Crippen LogP contribution >= 0.6 is 0 Å². The zero-order chi connectivity index (χ0) is 14.5. The van der Waals surface area contributed by atoms with E-state index in [1.165, 1.54) is 18.2 Å². The van der Waals surface area contributed by atoms with Gasteiger partial charge in [0.1, 0.15) is 11.6 Å². The van der Waals surface area contributed by atoms with Crippen molar-refractivity contribution in [2.75, 3.05) is 6.54 Å². The number of benzene rings is 1. The van der Waals surface area contributed by atoms with Crippen molar-refractivity contribution in [3.05, 3.63) is 53.4 Å². The van der Waals surface area contributed by atoms with Gasteiger partial charge in [-0.1, -0.05) is 19.9 Å². The highest BCUT2D eigenvalue weighted by molar-refractivity contribution is 5.31. The average molecular weight is 279 g/mol. The number of nitrogens with one attached hydrogen (secondary N) is 1. The number of nitrogens with zero attached hydrogens (tertiary/aromatic N) is 2. The van der Waals surface area contributed by atoms with Crippen LogP contribution in [0.2, 0.25) is 0 Å². The van der Waals surface area contributed by atoms with Crippen molar-refractivity contribution in [1.29, 1.82) is 0 Å². The molecule has 5 heteroatoms. The van der Waals surface area contributed by atoms with E-state index in [4.69, 9.17) is 0 Å². The van der Waals surface area contributed by atoms with Crippen molar-refractivity contribution in [1.82, 2.24) is 15.1 Å². The highest BCUT2D eigenvalue weighted by atomic mass is 19.1. The molecule has 2 aromatic rings. The van der Waals surface area contributed by atoms with Gasteiger partial charge in [0.2, 0.25) is 0 Å². The monoisotopic (exact) mass is 279 g/mol. The fourth-order valence-corrected chi connectivity index (χ4v) is 2.26. The average Bonchev–Trinajstić information content (AvgIpc) is 2.86. The summed E-state index contributed by atoms with van der Waals surface area (Å²) in [6.45, 7) is 5.36. The van der Waals surface area contributed by atoms with E-state index < -0.39 is 17.7 Å². The predicted molar refractivity (Wildman–Crippen MR) is 74.4 cm³/mol. The van der Waals surface area contributed by atoms with E-state index in [0.717, 1.165) is 18.5 Å². The molecule has 1 aromatic heterocycles. The van der Waals surface area contributed by atoms with E-state index in [1.807, 2.05) is 13.1 Å². The van der Waals surface area contributed by atoms with Crippen LogP contribution in [0.1, 0.15) is 37.4 Å². The Morgan fingerprint density at radius 2 is 1.95 bits per heavy atom. The van der Waals surface area contributed by atoms with Crippen molar-refractivity contribution >= 4 is 0 Å². The first kappa shape index (κ1) is 14.7. The first-order valence-electron chi connectivity index (χ1n) is 6.87. The second kappa shape index (κ2) is 6.61. The molecule has 3 nitrogen and oxygen atoms in total. The summed E-state index contributed by atoms with van der Waals surface area (Å²) in [6.07, 6.45) is 4.46. The minimum Gasteiger partial charge on any atom is -0.306 e.